The maximum Gasteiger partial charge on any atom is 0.221 e. The molecule has 0 saturated heterocycles. The first-order valence-corrected chi connectivity index (χ1v) is 12.3. The Morgan fingerprint density at radius 2 is 1.29 bits per heavy atom. The van der Waals surface area contributed by atoms with Gasteiger partial charge in [-0.05, 0) is 30.3 Å². The van der Waals surface area contributed by atoms with E-state index in [0.29, 0.717) is 29.3 Å². The molecule has 5 aromatic rings. The monoisotopic (exact) mass is 499 g/mol. The number of pyridine rings is 1. The van der Waals surface area contributed by atoms with Crippen LogP contribution in [0.2, 0.25) is 0 Å². The van der Waals surface area contributed by atoms with Crippen LogP contribution in [0.4, 0.5) is 0 Å². The number of benzene rings is 3. The number of aromatic nitrogens is 1. The lowest BCUT2D eigenvalue weighted by Crippen LogP contribution is -2.28. The first kappa shape index (κ1) is 24.4. The van der Waals surface area contributed by atoms with E-state index < -0.39 is 10.1 Å². The van der Waals surface area contributed by atoms with E-state index in [9.17, 15) is 0 Å². The van der Waals surface area contributed by atoms with E-state index in [4.69, 9.17) is 36.3 Å². The third-order valence-electron chi connectivity index (χ3n) is 5.71. The zero-order valence-electron chi connectivity index (χ0n) is 20.2. The molecule has 0 fully saturated rings. The fourth-order valence-corrected chi connectivity index (χ4v) is 4.37. The minimum absolute atomic E-state index is 0.604. The lowest BCUT2D eigenvalue weighted by Gasteiger charge is -2.13. The van der Waals surface area contributed by atoms with Crippen LogP contribution in [0.15, 0.2) is 47.2 Å². The number of methoxy groups -OCH3 is 4. The molecule has 9 nitrogen and oxygen atoms in total. The molecule has 0 unspecified atom stereocenters. The van der Waals surface area contributed by atoms with Gasteiger partial charge in [0, 0.05) is 22.4 Å². The summed E-state index contributed by atoms with van der Waals surface area (Å²) in [5, 5.41) is 6.20. The van der Waals surface area contributed by atoms with Gasteiger partial charge in [0.1, 0.15) is 12.6 Å². The summed E-state index contributed by atoms with van der Waals surface area (Å²) < 4.78 is 57.5. The summed E-state index contributed by atoms with van der Waals surface area (Å²) in [5.74, 6) is 2.71. The van der Waals surface area contributed by atoms with E-state index in [0.717, 1.165) is 43.4 Å². The molecule has 0 aliphatic carbocycles. The third-order valence-corrected chi connectivity index (χ3v) is 5.71. The lowest BCUT2D eigenvalue weighted by atomic mass is 9.97. The quantitative estimate of drug-likeness (QED) is 0.208. The molecule has 3 aromatic carbocycles. The van der Waals surface area contributed by atoms with Crippen LogP contribution in [0.25, 0.3) is 43.4 Å². The van der Waals surface area contributed by atoms with Crippen molar-refractivity contribution in [2.24, 2.45) is 7.05 Å². The number of nitrogens with zero attached hydrogens (tertiary/aromatic N) is 1. The van der Waals surface area contributed by atoms with E-state index in [-0.39, 0.29) is 0 Å². The number of furan rings is 1. The van der Waals surface area contributed by atoms with Gasteiger partial charge in [0.05, 0.1) is 61.0 Å². The van der Waals surface area contributed by atoms with Gasteiger partial charge >= 0.3 is 0 Å². The Morgan fingerprint density at radius 3 is 1.83 bits per heavy atom. The highest BCUT2D eigenvalue weighted by Gasteiger charge is 2.23. The van der Waals surface area contributed by atoms with Gasteiger partial charge in [-0.1, -0.05) is 0 Å². The van der Waals surface area contributed by atoms with Crippen molar-refractivity contribution >= 4 is 53.5 Å². The Balaban J connectivity index is 0.000000527. The fraction of sp³-hybridized carbons (Fsp3) is 0.240. The molecule has 184 valence electrons. The molecule has 2 heterocycles. The van der Waals surface area contributed by atoms with Crippen LogP contribution in [-0.2, 0) is 17.2 Å². The fourth-order valence-electron chi connectivity index (χ4n) is 4.37. The second kappa shape index (κ2) is 9.12. The molecular weight excluding hydrogens is 474 g/mol. The Labute approximate surface area is 202 Å². The van der Waals surface area contributed by atoms with E-state index >= 15 is 0 Å². The van der Waals surface area contributed by atoms with Crippen molar-refractivity contribution in [3.63, 3.8) is 0 Å². The zero-order chi connectivity index (χ0) is 25.5. The summed E-state index contributed by atoms with van der Waals surface area (Å²) in [6.45, 7) is 0. The molecule has 0 aliphatic heterocycles. The molecule has 10 heteroatoms. The summed E-state index contributed by atoms with van der Waals surface area (Å²) in [5.41, 5.74) is 1.88. The molecule has 5 rings (SSSR count). The van der Waals surface area contributed by atoms with Crippen molar-refractivity contribution in [3.8, 4) is 23.0 Å². The van der Waals surface area contributed by atoms with Gasteiger partial charge in [-0.25, -0.2) is 8.42 Å². The molecule has 0 saturated carbocycles. The summed E-state index contributed by atoms with van der Waals surface area (Å²) in [4.78, 5) is 0. The van der Waals surface area contributed by atoms with Crippen LogP contribution < -0.4 is 23.5 Å². The minimum Gasteiger partial charge on any atom is -0.748 e. The van der Waals surface area contributed by atoms with Crippen LogP contribution in [0, 0.1) is 0 Å². The average molecular weight is 500 g/mol. The van der Waals surface area contributed by atoms with Crippen molar-refractivity contribution < 1.29 is 40.9 Å². The normalized spacial score (nSPS) is 11.5. The second-order valence-corrected chi connectivity index (χ2v) is 9.29. The summed E-state index contributed by atoms with van der Waals surface area (Å²) in [6.07, 6.45) is 4.43. The molecule has 0 spiro atoms. The molecule has 2 aromatic heterocycles. The van der Waals surface area contributed by atoms with Crippen molar-refractivity contribution in [2.75, 3.05) is 34.7 Å². The van der Waals surface area contributed by atoms with Gasteiger partial charge in [-0.3, -0.25) is 0 Å². The van der Waals surface area contributed by atoms with Crippen molar-refractivity contribution in [3.05, 3.63) is 42.8 Å². The SMILES string of the molecule is COc1cc2c[n+](C)c3c4cc(OC)c(OC)cc4c4occc4c3c2cc1OC.CS(=O)(=O)[O-]. The highest BCUT2D eigenvalue weighted by molar-refractivity contribution is 7.84. The maximum absolute atomic E-state index is 9.08. The topological polar surface area (TPSA) is 111 Å². The molecule has 0 aliphatic rings. The number of fused-ring (bicyclic) bond motifs is 8. The summed E-state index contributed by atoms with van der Waals surface area (Å²) >= 11 is 0. The van der Waals surface area contributed by atoms with Crippen LogP contribution >= 0.6 is 0 Å². The largest absolute Gasteiger partial charge is 0.748 e. The second-order valence-electron chi connectivity index (χ2n) is 7.88. The van der Waals surface area contributed by atoms with Crippen molar-refractivity contribution in [2.45, 2.75) is 0 Å². The van der Waals surface area contributed by atoms with Crippen molar-refractivity contribution in [1.82, 2.24) is 0 Å². The lowest BCUT2D eigenvalue weighted by molar-refractivity contribution is -0.642. The smallest absolute Gasteiger partial charge is 0.221 e. The number of hydrogen-bond donors (Lipinski definition) is 0. The Bertz CT molecular complexity index is 1680. The predicted octanol–water partition coefficient (Wildman–Crippen LogP) is 3.91. The molecule has 0 N–H and O–H groups in total. The van der Waals surface area contributed by atoms with Crippen molar-refractivity contribution in [1.29, 1.82) is 0 Å². The van der Waals surface area contributed by atoms with Gasteiger partial charge in [-0.2, -0.15) is 4.57 Å². The first-order chi connectivity index (χ1) is 16.6. The van der Waals surface area contributed by atoms with Crippen LogP contribution in [-0.4, -0.2) is 47.7 Å². The standard InChI is InChI=1S/C24H22NO5.CH4O3S/c1-25-12-13-8-18(26-2)19(27-3)9-15(13)22-14-6-7-30-24(14)17-11-21(29-5)20(28-4)10-16(17)23(22)25;1-5(2,3)4/h6-12H,1-5H3;1H3,(H,2,3,4)/q+1;/p-1. The highest BCUT2D eigenvalue weighted by Crippen LogP contribution is 2.43. The van der Waals surface area contributed by atoms with Crippen LogP contribution in [0.1, 0.15) is 0 Å². The molecule has 0 bridgehead atoms. The zero-order valence-corrected chi connectivity index (χ0v) is 21.0. The number of rotatable bonds is 4. The van der Waals surface area contributed by atoms with E-state index in [1.807, 2.05) is 37.4 Å². The molecule has 35 heavy (non-hydrogen) atoms. The van der Waals surface area contributed by atoms with E-state index in [2.05, 4.69) is 10.8 Å². The van der Waals surface area contributed by atoms with Gasteiger partial charge in [0.15, 0.2) is 29.2 Å². The Morgan fingerprint density at radius 1 is 0.800 bits per heavy atom. The molecule has 0 radical (unpaired) electrons. The average Bonchev–Trinajstić information content (AvgIpc) is 3.31. The van der Waals surface area contributed by atoms with E-state index in [1.54, 1.807) is 34.7 Å². The highest BCUT2D eigenvalue weighted by atomic mass is 32.2. The van der Waals surface area contributed by atoms with Crippen LogP contribution in [0.3, 0.4) is 0 Å². The number of ether oxygens (including phenoxy) is 4. The first-order valence-electron chi connectivity index (χ1n) is 10.4. The molecule has 0 amide bonds. The molecular formula is C25H25NO8S. The van der Waals surface area contributed by atoms with E-state index in [1.165, 1.54) is 0 Å². The number of hydrogen-bond acceptors (Lipinski definition) is 8. The van der Waals surface area contributed by atoms with Gasteiger partial charge in [0.25, 0.3) is 0 Å². The number of aryl methyl sites for hydroxylation is 1. The van der Waals surface area contributed by atoms with Gasteiger partial charge in [-0.15, -0.1) is 0 Å². The van der Waals surface area contributed by atoms with Gasteiger partial charge < -0.3 is 27.9 Å². The maximum atomic E-state index is 9.08. The molecule has 0 atom stereocenters. The third kappa shape index (κ3) is 4.38. The van der Waals surface area contributed by atoms with Crippen LogP contribution in [0.5, 0.6) is 23.0 Å². The van der Waals surface area contributed by atoms with Gasteiger partial charge in [0.2, 0.25) is 5.52 Å². The summed E-state index contributed by atoms with van der Waals surface area (Å²) in [7, 11) is 4.70. The minimum atomic E-state index is -3.92. The Hall–Kier alpha value is -3.76. The summed E-state index contributed by atoms with van der Waals surface area (Å²) in [6, 6.07) is 10.0. The predicted molar refractivity (Wildman–Crippen MR) is 132 cm³/mol. The Kier molecular flexibility index (Phi) is 6.35.